The summed E-state index contributed by atoms with van der Waals surface area (Å²) in [5.74, 6) is 1.39. The summed E-state index contributed by atoms with van der Waals surface area (Å²) >= 11 is 6.30. The summed E-state index contributed by atoms with van der Waals surface area (Å²) < 4.78 is 10.7. The Bertz CT molecular complexity index is 731. The number of nitrogens with one attached hydrogen (secondary N) is 1. The molecular weight excluding hydrogens is 326 g/mol. The molecule has 1 heterocycles. The molecule has 0 amide bonds. The number of halogens is 1. The first-order chi connectivity index (χ1) is 11.4. The smallest absolute Gasteiger partial charge is 0.231 e. The summed E-state index contributed by atoms with van der Waals surface area (Å²) in [7, 11) is 0. The molecule has 2 aromatic rings. The van der Waals surface area contributed by atoms with Gasteiger partial charge in [-0.05, 0) is 38.0 Å². The molecule has 0 saturated heterocycles. The number of Topliss-reactive ketones (excluding diaryl/α,β-unsaturated/α-hetero) is 1. The highest BCUT2D eigenvalue weighted by Gasteiger charge is 2.27. The van der Waals surface area contributed by atoms with Crippen LogP contribution in [0.15, 0.2) is 48.5 Å². The van der Waals surface area contributed by atoms with Crippen molar-refractivity contribution in [2.24, 2.45) is 0 Å². The van der Waals surface area contributed by atoms with E-state index >= 15 is 0 Å². The van der Waals surface area contributed by atoms with Crippen molar-refractivity contribution in [2.45, 2.75) is 31.3 Å². The van der Waals surface area contributed by atoms with Crippen LogP contribution in [-0.4, -0.2) is 23.6 Å². The second-order valence-electron chi connectivity index (χ2n) is 6.49. The van der Waals surface area contributed by atoms with E-state index in [0.717, 1.165) is 17.1 Å². The van der Waals surface area contributed by atoms with Gasteiger partial charge in [0.15, 0.2) is 17.3 Å². The molecule has 4 nitrogen and oxygen atoms in total. The number of benzene rings is 2. The van der Waals surface area contributed by atoms with Crippen LogP contribution in [0.25, 0.3) is 0 Å². The predicted molar refractivity (Wildman–Crippen MR) is 93.9 cm³/mol. The van der Waals surface area contributed by atoms with E-state index in [1.54, 1.807) is 12.1 Å². The molecule has 1 atom stereocenters. The van der Waals surface area contributed by atoms with Crippen molar-refractivity contribution in [2.75, 3.05) is 6.79 Å². The second-order valence-corrected chi connectivity index (χ2v) is 6.92. The molecule has 2 aromatic carbocycles. The van der Waals surface area contributed by atoms with Crippen LogP contribution in [0.1, 0.15) is 29.8 Å². The maximum Gasteiger partial charge on any atom is 0.231 e. The summed E-state index contributed by atoms with van der Waals surface area (Å²) in [5, 5.41) is 3.21. The lowest BCUT2D eigenvalue weighted by atomic mass is 9.94. The monoisotopic (exact) mass is 345 g/mol. The molecule has 0 spiro atoms. The van der Waals surface area contributed by atoms with Crippen LogP contribution in [-0.2, 0) is 6.42 Å². The zero-order valence-electron chi connectivity index (χ0n) is 13.7. The number of ketones is 1. The van der Waals surface area contributed by atoms with Crippen molar-refractivity contribution in [1.29, 1.82) is 0 Å². The van der Waals surface area contributed by atoms with Crippen LogP contribution in [0, 0.1) is 0 Å². The molecule has 0 radical (unpaired) electrons. The summed E-state index contributed by atoms with van der Waals surface area (Å²) in [6.07, 6.45) is 0.703. The Morgan fingerprint density at radius 3 is 2.62 bits per heavy atom. The molecule has 0 bridgehead atoms. The third-order valence-corrected chi connectivity index (χ3v) is 4.20. The fraction of sp³-hybridized carbons (Fsp3) is 0.316. The van der Waals surface area contributed by atoms with E-state index in [2.05, 4.69) is 5.32 Å². The molecule has 0 saturated carbocycles. The van der Waals surface area contributed by atoms with Crippen molar-refractivity contribution < 1.29 is 14.3 Å². The van der Waals surface area contributed by atoms with E-state index in [-0.39, 0.29) is 18.1 Å². The summed E-state index contributed by atoms with van der Waals surface area (Å²) in [6, 6.07) is 14.9. The van der Waals surface area contributed by atoms with Crippen molar-refractivity contribution in [3.63, 3.8) is 0 Å². The van der Waals surface area contributed by atoms with Crippen molar-refractivity contribution in [3.05, 3.63) is 59.7 Å². The molecular formula is C19H20ClNO3. The number of alkyl halides is 1. The first-order valence-electron chi connectivity index (χ1n) is 7.84. The topological polar surface area (TPSA) is 47.6 Å². The van der Waals surface area contributed by atoms with Gasteiger partial charge in [-0.3, -0.25) is 10.1 Å². The van der Waals surface area contributed by atoms with Crippen molar-refractivity contribution in [3.8, 4) is 11.5 Å². The Balaban J connectivity index is 1.66. The molecule has 3 rings (SSSR count). The molecule has 1 aliphatic rings. The van der Waals surface area contributed by atoms with Crippen LogP contribution in [0.5, 0.6) is 11.5 Å². The minimum absolute atomic E-state index is 0.129. The fourth-order valence-corrected chi connectivity index (χ4v) is 3.19. The van der Waals surface area contributed by atoms with E-state index in [1.165, 1.54) is 0 Å². The fourth-order valence-electron chi connectivity index (χ4n) is 2.77. The molecule has 0 aliphatic carbocycles. The third-order valence-electron chi connectivity index (χ3n) is 3.89. The maximum atomic E-state index is 12.4. The number of carbonyl (C=O) groups is 1. The minimum atomic E-state index is -0.781. The van der Waals surface area contributed by atoms with Gasteiger partial charge in [0, 0.05) is 11.1 Å². The van der Waals surface area contributed by atoms with E-state index in [4.69, 9.17) is 21.1 Å². The molecule has 1 aliphatic heterocycles. The molecule has 0 aromatic heterocycles. The number of carbonyl (C=O) groups excluding carboxylic acids is 1. The lowest BCUT2D eigenvalue weighted by Gasteiger charge is -2.29. The number of hydrogen-bond donors (Lipinski definition) is 1. The molecule has 1 N–H and O–H groups in total. The third kappa shape index (κ3) is 3.89. The van der Waals surface area contributed by atoms with Gasteiger partial charge in [-0.15, -0.1) is 0 Å². The normalized spacial score (nSPS) is 14.5. The summed E-state index contributed by atoms with van der Waals surface area (Å²) in [5.41, 5.74) is 0.554. The van der Waals surface area contributed by atoms with Gasteiger partial charge in [0.2, 0.25) is 6.79 Å². The van der Waals surface area contributed by atoms with E-state index in [1.807, 2.05) is 50.2 Å². The minimum Gasteiger partial charge on any atom is -0.454 e. The van der Waals surface area contributed by atoms with Gasteiger partial charge in [0.25, 0.3) is 0 Å². The van der Waals surface area contributed by atoms with E-state index < -0.39 is 5.50 Å². The van der Waals surface area contributed by atoms with Crippen molar-refractivity contribution in [1.82, 2.24) is 5.32 Å². The van der Waals surface area contributed by atoms with Gasteiger partial charge in [0.1, 0.15) is 5.50 Å². The van der Waals surface area contributed by atoms with Crippen LogP contribution >= 0.6 is 11.6 Å². The summed E-state index contributed by atoms with van der Waals surface area (Å²) in [6.45, 7) is 4.30. The highest BCUT2D eigenvalue weighted by Crippen LogP contribution is 2.33. The van der Waals surface area contributed by atoms with Gasteiger partial charge < -0.3 is 9.47 Å². The Hall–Kier alpha value is -2.04. The first-order valence-corrected chi connectivity index (χ1v) is 8.28. The SMILES string of the molecule is CC(C)(Cc1ccc2c(c1)OCO2)NC(Cl)C(=O)c1ccccc1. The van der Waals surface area contributed by atoms with Crippen molar-refractivity contribution >= 4 is 17.4 Å². The van der Waals surface area contributed by atoms with Crippen LogP contribution in [0.2, 0.25) is 0 Å². The Labute approximate surface area is 146 Å². The lowest BCUT2D eigenvalue weighted by molar-refractivity contribution is 0.0962. The van der Waals surface area contributed by atoms with Crippen LogP contribution < -0.4 is 14.8 Å². The number of ether oxygens (including phenoxy) is 2. The Kier molecular flexibility index (Phi) is 4.78. The molecule has 0 fully saturated rings. The maximum absolute atomic E-state index is 12.4. The second kappa shape index (κ2) is 6.83. The first kappa shape index (κ1) is 16.8. The Morgan fingerprint density at radius 1 is 1.17 bits per heavy atom. The molecule has 1 unspecified atom stereocenters. The average Bonchev–Trinajstić information content (AvgIpc) is 3.01. The van der Waals surface area contributed by atoms with E-state index in [9.17, 15) is 4.79 Å². The standard InChI is InChI=1S/C19H20ClNO3/c1-19(2,11-13-8-9-15-16(10-13)24-12-23-15)21-18(20)17(22)14-6-4-3-5-7-14/h3-10,18,21H,11-12H2,1-2H3. The predicted octanol–water partition coefficient (Wildman–Crippen LogP) is 3.77. The number of fused-ring (bicyclic) bond motifs is 1. The molecule has 24 heavy (non-hydrogen) atoms. The lowest BCUT2D eigenvalue weighted by Crippen LogP contribution is -2.48. The van der Waals surface area contributed by atoms with Crippen LogP contribution in [0.4, 0.5) is 0 Å². The van der Waals surface area contributed by atoms with Gasteiger partial charge in [-0.2, -0.15) is 0 Å². The highest BCUT2D eigenvalue weighted by atomic mass is 35.5. The van der Waals surface area contributed by atoms with Gasteiger partial charge in [0.05, 0.1) is 0 Å². The largest absolute Gasteiger partial charge is 0.454 e. The van der Waals surface area contributed by atoms with Crippen LogP contribution in [0.3, 0.4) is 0 Å². The number of rotatable bonds is 6. The van der Waals surface area contributed by atoms with E-state index in [0.29, 0.717) is 12.0 Å². The van der Waals surface area contributed by atoms with Gasteiger partial charge in [-0.1, -0.05) is 48.0 Å². The molecule has 5 heteroatoms. The molecule has 126 valence electrons. The summed E-state index contributed by atoms with van der Waals surface area (Å²) in [4.78, 5) is 12.4. The number of hydrogen-bond acceptors (Lipinski definition) is 4. The van der Waals surface area contributed by atoms with Gasteiger partial charge in [-0.25, -0.2) is 0 Å². The zero-order valence-corrected chi connectivity index (χ0v) is 14.5. The zero-order chi connectivity index (χ0) is 17.2. The quantitative estimate of drug-likeness (QED) is 0.492. The Morgan fingerprint density at radius 2 is 1.88 bits per heavy atom. The highest BCUT2D eigenvalue weighted by molar-refractivity contribution is 6.33. The average molecular weight is 346 g/mol. The van der Waals surface area contributed by atoms with Gasteiger partial charge >= 0.3 is 0 Å².